The summed E-state index contributed by atoms with van der Waals surface area (Å²) in [4.78, 5) is 20.8. The van der Waals surface area contributed by atoms with Crippen molar-refractivity contribution in [2.75, 3.05) is 0 Å². The van der Waals surface area contributed by atoms with Crippen LogP contribution in [0.4, 0.5) is 0 Å². The quantitative estimate of drug-likeness (QED) is 0.661. The van der Waals surface area contributed by atoms with Crippen molar-refractivity contribution >= 4 is 11.9 Å². The molecule has 0 spiro atoms. The third kappa shape index (κ3) is 2.29. The SMILES string of the molecule is O=C([O-])c1cccc([O-])c1C(=O)O.[Zn+2]. The molecule has 0 saturated heterocycles. The number of carboxylic acids is 2. The van der Waals surface area contributed by atoms with Crippen molar-refractivity contribution in [3.63, 3.8) is 0 Å². The summed E-state index contributed by atoms with van der Waals surface area (Å²) in [6, 6.07) is 3.16. The van der Waals surface area contributed by atoms with Gasteiger partial charge in [-0.15, -0.1) is 0 Å². The van der Waals surface area contributed by atoms with E-state index in [1.54, 1.807) is 0 Å². The van der Waals surface area contributed by atoms with Gasteiger partial charge < -0.3 is 20.1 Å². The molecular formula is C8H4O5Zn. The van der Waals surface area contributed by atoms with E-state index in [2.05, 4.69) is 0 Å². The van der Waals surface area contributed by atoms with Gasteiger partial charge >= 0.3 is 25.4 Å². The first-order valence-corrected chi connectivity index (χ1v) is 3.28. The molecular weight excluding hydrogens is 241 g/mol. The summed E-state index contributed by atoms with van der Waals surface area (Å²) < 4.78 is 0. The predicted octanol–water partition coefficient (Wildman–Crippen LogP) is -1.18. The van der Waals surface area contributed by atoms with Gasteiger partial charge in [0.25, 0.3) is 0 Å². The van der Waals surface area contributed by atoms with Crippen LogP contribution >= 0.6 is 0 Å². The van der Waals surface area contributed by atoms with Crippen LogP contribution in [0, 0.1) is 0 Å². The van der Waals surface area contributed by atoms with Crippen molar-refractivity contribution < 1.29 is 44.4 Å². The molecule has 0 aliphatic rings. The minimum absolute atomic E-state index is 0. The van der Waals surface area contributed by atoms with Gasteiger partial charge in [0.05, 0.1) is 11.5 Å². The summed E-state index contributed by atoms with van der Waals surface area (Å²) >= 11 is 0. The van der Waals surface area contributed by atoms with E-state index >= 15 is 0 Å². The Balaban J connectivity index is 0.00000169. The fraction of sp³-hybridized carbons (Fsp3) is 0. The smallest absolute Gasteiger partial charge is 0.872 e. The van der Waals surface area contributed by atoms with Gasteiger partial charge in [0.1, 0.15) is 0 Å². The minimum atomic E-state index is -1.67. The van der Waals surface area contributed by atoms with Crippen LogP contribution in [0.25, 0.3) is 0 Å². The van der Waals surface area contributed by atoms with Crippen LogP contribution in [-0.2, 0) is 19.5 Å². The Morgan fingerprint density at radius 2 is 1.86 bits per heavy atom. The zero-order valence-electron chi connectivity index (χ0n) is 7.02. The molecule has 6 heteroatoms. The van der Waals surface area contributed by atoms with Gasteiger partial charge in [-0.05, 0) is 0 Å². The van der Waals surface area contributed by atoms with E-state index in [0.717, 1.165) is 12.1 Å². The van der Waals surface area contributed by atoms with Gasteiger partial charge in [0.15, 0.2) is 0 Å². The average molecular weight is 246 g/mol. The van der Waals surface area contributed by atoms with E-state index < -0.39 is 28.8 Å². The van der Waals surface area contributed by atoms with Crippen molar-refractivity contribution in [2.24, 2.45) is 0 Å². The Hall–Kier alpha value is -1.42. The van der Waals surface area contributed by atoms with Crippen molar-refractivity contribution in [1.82, 2.24) is 0 Å². The second kappa shape index (κ2) is 4.72. The number of hydrogen-bond acceptors (Lipinski definition) is 4. The van der Waals surface area contributed by atoms with Crippen molar-refractivity contribution in [2.45, 2.75) is 0 Å². The van der Waals surface area contributed by atoms with Crippen molar-refractivity contribution in [3.05, 3.63) is 29.3 Å². The summed E-state index contributed by atoms with van der Waals surface area (Å²) in [6.45, 7) is 0. The van der Waals surface area contributed by atoms with E-state index in [0.29, 0.717) is 0 Å². The molecule has 1 rings (SSSR count). The summed E-state index contributed by atoms with van der Waals surface area (Å²) in [5, 5.41) is 29.8. The molecule has 0 aromatic heterocycles. The predicted molar refractivity (Wildman–Crippen MR) is 37.2 cm³/mol. The van der Waals surface area contributed by atoms with E-state index in [9.17, 15) is 19.8 Å². The first kappa shape index (κ1) is 12.6. The Kier molecular flexibility index (Phi) is 4.24. The van der Waals surface area contributed by atoms with Crippen LogP contribution in [-0.4, -0.2) is 17.0 Å². The molecule has 0 saturated carbocycles. The van der Waals surface area contributed by atoms with Gasteiger partial charge in [-0.25, -0.2) is 4.79 Å². The molecule has 1 N–H and O–H groups in total. The molecule has 14 heavy (non-hydrogen) atoms. The number of hydrogen-bond donors (Lipinski definition) is 1. The molecule has 1 aromatic carbocycles. The van der Waals surface area contributed by atoms with Crippen LogP contribution in [0.3, 0.4) is 0 Å². The monoisotopic (exact) mass is 244 g/mol. The fourth-order valence-corrected chi connectivity index (χ4v) is 0.922. The third-order valence-electron chi connectivity index (χ3n) is 1.46. The normalized spacial score (nSPS) is 8.86. The molecule has 68 valence electrons. The van der Waals surface area contributed by atoms with Gasteiger partial charge in [-0.3, -0.25) is 0 Å². The number of carbonyl (C=O) groups is 2. The van der Waals surface area contributed by atoms with Crippen LogP contribution in [0.5, 0.6) is 5.75 Å². The summed E-state index contributed by atoms with van der Waals surface area (Å²) in [5.74, 6) is -4.07. The largest absolute Gasteiger partial charge is 2.00 e. The Morgan fingerprint density at radius 3 is 2.21 bits per heavy atom. The molecule has 0 fully saturated rings. The van der Waals surface area contributed by atoms with Crippen LogP contribution < -0.4 is 10.2 Å². The van der Waals surface area contributed by atoms with Gasteiger partial charge in [0.2, 0.25) is 0 Å². The van der Waals surface area contributed by atoms with Gasteiger partial charge in [-0.1, -0.05) is 23.9 Å². The standard InChI is InChI=1S/C8H6O5.Zn/c9-5-3-1-2-4(7(10)11)6(5)8(12)13;/h1-3,9H,(H,10,11)(H,12,13);/q;+2/p-2. The third-order valence-corrected chi connectivity index (χ3v) is 1.46. The molecule has 0 aliphatic carbocycles. The molecule has 0 amide bonds. The van der Waals surface area contributed by atoms with Crippen molar-refractivity contribution in [3.8, 4) is 5.75 Å². The minimum Gasteiger partial charge on any atom is -0.872 e. The average Bonchev–Trinajstić information content (AvgIpc) is 2.02. The molecule has 0 bridgehead atoms. The summed E-state index contributed by atoms with van der Waals surface area (Å²) in [6.07, 6.45) is 0. The van der Waals surface area contributed by atoms with Gasteiger partial charge in [0, 0.05) is 5.56 Å². The summed E-state index contributed by atoms with van der Waals surface area (Å²) in [7, 11) is 0. The first-order valence-electron chi connectivity index (χ1n) is 3.28. The first-order chi connectivity index (χ1) is 6.04. The molecule has 5 nitrogen and oxygen atoms in total. The number of aromatic carboxylic acids is 2. The second-order valence-electron chi connectivity index (χ2n) is 2.27. The topological polar surface area (TPSA) is 100 Å². The number of carbonyl (C=O) groups excluding carboxylic acids is 1. The van der Waals surface area contributed by atoms with E-state index in [-0.39, 0.29) is 19.5 Å². The molecule has 0 aliphatic heterocycles. The zero-order chi connectivity index (χ0) is 10.0. The maximum Gasteiger partial charge on any atom is 2.00 e. The maximum absolute atomic E-state index is 10.9. The van der Waals surface area contributed by atoms with Crippen LogP contribution in [0.2, 0.25) is 0 Å². The molecule has 0 radical (unpaired) electrons. The Morgan fingerprint density at radius 1 is 1.29 bits per heavy atom. The van der Waals surface area contributed by atoms with E-state index in [1.807, 2.05) is 0 Å². The van der Waals surface area contributed by atoms with E-state index in [4.69, 9.17) is 5.11 Å². The molecule has 0 heterocycles. The maximum atomic E-state index is 10.9. The molecule has 0 atom stereocenters. The summed E-state index contributed by atoms with van der Waals surface area (Å²) in [5.41, 5.74) is -1.36. The second-order valence-corrected chi connectivity index (χ2v) is 2.27. The number of rotatable bonds is 2. The van der Waals surface area contributed by atoms with Crippen molar-refractivity contribution in [1.29, 1.82) is 0 Å². The number of benzene rings is 1. The van der Waals surface area contributed by atoms with Crippen LogP contribution in [0.1, 0.15) is 20.7 Å². The van der Waals surface area contributed by atoms with Crippen LogP contribution in [0.15, 0.2) is 18.2 Å². The Labute approximate surface area is 91.8 Å². The number of carboxylic acid groups (broad SMARTS) is 2. The van der Waals surface area contributed by atoms with E-state index in [1.165, 1.54) is 6.07 Å². The van der Waals surface area contributed by atoms with Gasteiger partial charge in [-0.2, -0.15) is 0 Å². The molecule has 0 unspecified atom stereocenters. The zero-order valence-corrected chi connectivity index (χ0v) is 9.99. The Bertz CT molecular complexity index is 374. The fourth-order valence-electron chi connectivity index (χ4n) is 0.922. The molecule has 1 aromatic rings.